The molecule has 0 saturated heterocycles. The molecule has 1 radical (unpaired) electrons. The fourth-order valence-corrected chi connectivity index (χ4v) is 0. The summed E-state index contributed by atoms with van der Waals surface area (Å²) in [6.45, 7) is 0. The van der Waals surface area contributed by atoms with Crippen LogP contribution in [-0.4, -0.2) is 17.4 Å². The first kappa shape index (κ1) is 35.5. The fourth-order valence-electron chi connectivity index (χ4n) is 0. The van der Waals surface area contributed by atoms with Gasteiger partial charge in [-0.25, -0.2) is 0 Å². The van der Waals surface area contributed by atoms with Gasteiger partial charge in [-0.3, -0.25) is 0 Å². The molecular formula is H3AlCoNiO2. The summed E-state index contributed by atoms with van der Waals surface area (Å²) in [4.78, 5) is 14.0. The third-order valence-corrected chi connectivity index (χ3v) is 0. The molecule has 0 rings (SSSR count). The second kappa shape index (κ2) is 68.3. The van der Waals surface area contributed by atoms with Gasteiger partial charge in [0.1, 0.15) is 0 Å². The molecule has 0 aliphatic heterocycles. The Morgan fingerprint density at radius 3 is 1.00 bits per heavy atom. The maximum atomic E-state index is 7.00. The van der Waals surface area contributed by atoms with Crippen molar-refractivity contribution in [2.75, 3.05) is 0 Å². The van der Waals surface area contributed by atoms with Crippen LogP contribution in [0.15, 0.2) is 0 Å². The molecule has 2 nitrogen and oxygen atoms in total. The molecule has 0 aliphatic rings. The topological polar surface area (TPSA) is 34.1 Å². The van der Waals surface area contributed by atoms with Crippen molar-refractivity contribution in [1.82, 2.24) is 0 Å². The minimum absolute atomic E-state index is 0. The summed E-state index contributed by atoms with van der Waals surface area (Å²) in [7, 11) is 0. The van der Waals surface area contributed by atoms with Crippen LogP contribution >= 0.6 is 0 Å². The first-order valence-electron chi connectivity index (χ1n) is 0.167. The molecule has 0 aromatic carbocycles. The van der Waals surface area contributed by atoms with Crippen molar-refractivity contribution >= 4 is 17.4 Å². The largest absolute Gasteiger partial charge is 0.187 e. The van der Waals surface area contributed by atoms with E-state index in [9.17, 15) is 0 Å². The Hall–Kier alpha value is 1.13. The van der Waals surface area contributed by atoms with Crippen LogP contribution in [0, 0.1) is 9.93 Å². The second-order valence-corrected chi connectivity index (χ2v) is 0. The molecule has 0 spiro atoms. The molecule has 0 heterocycles. The summed E-state index contributed by atoms with van der Waals surface area (Å²) in [6, 6.07) is 0. The van der Waals surface area contributed by atoms with Gasteiger partial charge in [-0.15, -0.1) is 0 Å². The van der Waals surface area contributed by atoms with Crippen molar-refractivity contribution in [3.05, 3.63) is 9.93 Å². The fraction of sp³-hybridized carbons (Fsp3) is 0. The standard InChI is InChI=1S/Al.Co.Ni.O2.3H/c;;;1-2;;;. The molecule has 0 aromatic rings. The number of hydrogen-bond donors (Lipinski definition) is 0. The van der Waals surface area contributed by atoms with Crippen molar-refractivity contribution in [3.63, 3.8) is 0 Å². The maximum Gasteiger partial charge on any atom is 0.187 e. The maximum absolute atomic E-state index is 7.00. The summed E-state index contributed by atoms with van der Waals surface area (Å²) < 4.78 is 0. The van der Waals surface area contributed by atoms with E-state index >= 15 is 0 Å². The Kier molecular flexibility index (Phi) is 486. The van der Waals surface area contributed by atoms with E-state index in [1.165, 1.54) is 0 Å². The SMILES string of the molecule is O=O.[AlH3].[Co].[Ni]. The summed E-state index contributed by atoms with van der Waals surface area (Å²) in [5, 5.41) is 0. The van der Waals surface area contributed by atoms with E-state index < -0.39 is 0 Å². The van der Waals surface area contributed by atoms with E-state index in [1.807, 2.05) is 0 Å². The molecule has 5 heavy (non-hydrogen) atoms. The average molecular weight is 180 g/mol. The van der Waals surface area contributed by atoms with Gasteiger partial charge >= 0.3 is 0 Å². The second-order valence-electron chi connectivity index (χ2n) is 0. The summed E-state index contributed by atoms with van der Waals surface area (Å²) in [6.07, 6.45) is 0. The van der Waals surface area contributed by atoms with E-state index in [4.69, 9.17) is 9.93 Å². The van der Waals surface area contributed by atoms with Crippen LogP contribution in [0.5, 0.6) is 0 Å². The molecule has 0 fully saturated rings. The van der Waals surface area contributed by atoms with E-state index in [0.717, 1.165) is 0 Å². The summed E-state index contributed by atoms with van der Waals surface area (Å²) in [5.41, 5.74) is 0. The summed E-state index contributed by atoms with van der Waals surface area (Å²) in [5.74, 6) is 0. The van der Waals surface area contributed by atoms with E-state index in [-0.39, 0.29) is 50.6 Å². The van der Waals surface area contributed by atoms with Crippen LogP contribution in [0.1, 0.15) is 0 Å². The Morgan fingerprint density at radius 2 is 1.00 bits per heavy atom. The van der Waals surface area contributed by atoms with Gasteiger partial charge in [0.05, 0.1) is 0 Å². The van der Waals surface area contributed by atoms with Crippen LogP contribution < -0.4 is 0 Å². The predicted octanol–water partition coefficient (Wildman–Crippen LogP) is -1.12. The van der Waals surface area contributed by atoms with Gasteiger partial charge in [0.15, 0.2) is 17.4 Å². The molecule has 0 N–H and O–H groups in total. The molecule has 5 heteroatoms. The zero-order valence-electron chi connectivity index (χ0n) is 1.47. The molecule has 0 unspecified atom stereocenters. The van der Waals surface area contributed by atoms with Crippen molar-refractivity contribution in [1.29, 1.82) is 0 Å². The monoisotopic (exact) mass is 179 g/mol. The molecule has 0 bridgehead atoms. The minimum Gasteiger partial charge on any atom is 0 e. The van der Waals surface area contributed by atoms with Gasteiger partial charge in [-0.1, -0.05) is 0 Å². The first-order valence-corrected chi connectivity index (χ1v) is 0.167. The van der Waals surface area contributed by atoms with Crippen LogP contribution in [0.2, 0.25) is 0 Å². The van der Waals surface area contributed by atoms with Gasteiger partial charge in [0.25, 0.3) is 0 Å². The molecule has 0 amide bonds. The predicted molar refractivity (Wildman–Crippen MR) is 16.7 cm³/mol. The van der Waals surface area contributed by atoms with Crippen LogP contribution in [0.3, 0.4) is 0 Å². The van der Waals surface area contributed by atoms with Gasteiger partial charge in [-0.05, 0) is 0 Å². The zero-order chi connectivity index (χ0) is 2.00. The zero-order valence-corrected chi connectivity index (χ0v) is 3.49. The molecular weight excluding hydrogens is 177 g/mol. The normalized spacial score (nSPS) is 0.800. The number of rotatable bonds is 0. The molecule has 0 atom stereocenters. The first-order chi connectivity index (χ1) is 1.00. The molecule has 37 valence electrons. The van der Waals surface area contributed by atoms with Crippen LogP contribution in [0.25, 0.3) is 0 Å². The van der Waals surface area contributed by atoms with Crippen molar-refractivity contribution < 1.29 is 33.3 Å². The summed E-state index contributed by atoms with van der Waals surface area (Å²) >= 11 is 0. The van der Waals surface area contributed by atoms with Crippen molar-refractivity contribution in [2.45, 2.75) is 0 Å². The van der Waals surface area contributed by atoms with E-state index in [2.05, 4.69) is 0 Å². The Labute approximate surface area is 60.5 Å². The molecule has 0 saturated carbocycles. The van der Waals surface area contributed by atoms with Gasteiger partial charge in [-0.2, -0.15) is 0 Å². The van der Waals surface area contributed by atoms with Crippen molar-refractivity contribution in [2.24, 2.45) is 0 Å². The minimum atomic E-state index is 0. The Morgan fingerprint density at radius 1 is 1.00 bits per heavy atom. The van der Waals surface area contributed by atoms with E-state index in [1.54, 1.807) is 0 Å². The Balaban J connectivity index is -0.00000000167. The van der Waals surface area contributed by atoms with Crippen LogP contribution in [-0.2, 0) is 33.3 Å². The smallest absolute Gasteiger partial charge is 0 e. The molecule has 0 aliphatic carbocycles. The van der Waals surface area contributed by atoms with Gasteiger partial charge < -0.3 is 0 Å². The van der Waals surface area contributed by atoms with Crippen molar-refractivity contribution in [3.8, 4) is 0 Å². The quantitative estimate of drug-likeness (QED) is 0.442. The Bertz CT molecular complexity index is 9.61. The van der Waals surface area contributed by atoms with Gasteiger partial charge in [0, 0.05) is 43.2 Å². The van der Waals surface area contributed by atoms with E-state index in [0.29, 0.717) is 0 Å². The van der Waals surface area contributed by atoms with Gasteiger partial charge in [0.2, 0.25) is 0 Å². The third-order valence-electron chi connectivity index (χ3n) is 0. The molecule has 0 aromatic heterocycles. The third kappa shape index (κ3) is 39.3. The van der Waals surface area contributed by atoms with Crippen LogP contribution in [0.4, 0.5) is 0 Å². The number of hydrogen-bond acceptors (Lipinski definition) is 2. The average Bonchev–Trinajstić information content (AvgIpc) is 1.00.